The first-order valence-corrected chi connectivity index (χ1v) is 8.79. The Morgan fingerprint density at radius 1 is 1.29 bits per heavy atom. The van der Waals surface area contributed by atoms with Gasteiger partial charge in [-0.2, -0.15) is 5.10 Å². The van der Waals surface area contributed by atoms with E-state index in [-0.39, 0.29) is 11.9 Å². The molecule has 6 heteroatoms. The Bertz CT molecular complexity index is 721. The molecule has 0 spiro atoms. The van der Waals surface area contributed by atoms with Crippen molar-refractivity contribution in [2.24, 2.45) is 5.92 Å². The van der Waals surface area contributed by atoms with Crippen molar-refractivity contribution in [1.29, 1.82) is 0 Å². The smallest absolute Gasteiger partial charge is 0.237 e. The van der Waals surface area contributed by atoms with E-state index in [1.54, 1.807) is 0 Å². The van der Waals surface area contributed by atoms with Gasteiger partial charge >= 0.3 is 0 Å². The second-order valence-electron chi connectivity index (χ2n) is 7.35. The van der Waals surface area contributed by atoms with Crippen molar-refractivity contribution in [3.05, 3.63) is 24.0 Å². The van der Waals surface area contributed by atoms with Gasteiger partial charge in [0.15, 0.2) is 5.65 Å². The van der Waals surface area contributed by atoms with Crippen LogP contribution in [0.3, 0.4) is 0 Å². The van der Waals surface area contributed by atoms with Crippen molar-refractivity contribution in [2.75, 3.05) is 13.1 Å². The van der Waals surface area contributed by atoms with Gasteiger partial charge in [-0.15, -0.1) is 0 Å². The number of fused-ring (bicyclic) bond motifs is 1. The first-order valence-electron chi connectivity index (χ1n) is 8.79. The largest absolute Gasteiger partial charge is 0.353 e. The third-order valence-electron chi connectivity index (χ3n) is 4.50. The zero-order chi connectivity index (χ0) is 17.3. The lowest BCUT2D eigenvalue weighted by molar-refractivity contribution is -0.130. The van der Waals surface area contributed by atoms with Crippen LogP contribution in [0.5, 0.6) is 0 Å². The zero-order valence-corrected chi connectivity index (χ0v) is 15.0. The summed E-state index contributed by atoms with van der Waals surface area (Å²) in [7, 11) is 0. The molecule has 24 heavy (non-hydrogen) atoms. The van der Waals surface area contributed by atoms with Gasteiger partial charge in [0, 0.05) is 37.3 Å². The van der Waals surface area contributed by atoms with Crippen molar-refractivity contribution in [3.8, 4) is 0 Å². The normalized spacial score (nSPS) is 19.4. The minimum absolute atomic E-state index is 0.0483. The lowest BCUT2D eigenvalue weighted by Crippen LogP contribution is -2.55. The van der Waals surface area contributed by atoms with E-state index >= 15 is 0 Å². The highest BCUT2D eigenvalue weighted by atomic mass is 16.2. The van der Waals surface area contributed by atoms with Crippen LogP contribution >= 0.6 is 0 Å². The summed E-state index contributed by atoms with van der Waals surface area (Å²) >= 11 is 0. The van der Waals surface area contributed by atoms with Crippen LogP contribution in [-0.2, 0) is 11.3 Å². The Morgan fingerprint density at radius 2 is 2.08 bits per heavy atom. The average Bonchev–Trinajstić information content (AvgIpc) is 2.94. The Morgan fingerprint density at radius 3 is 2.79 bits per heavy atom. The zero-order valence-electron chi connectivity index (χ0n) is 15.0. The summed E-state index contributed by atoms with van der Waals surface area (Å²) < 4.78 is 1.94. The second kappa shape index (κ2) is 6.89. The summed E-state index contributed by atoms with van der Waals surface area (Å²) in [6.45, 7) is 10.9. The minimum Gasteiger partial charge on any atom is -0.353 e. The van der Waals surface area contributed by atoms with Crippen LogP contribution in [0.4, 0.5) is 0 Å². The number of piperazine rings is 1. The third kappa shape index (κ3) is 3.43. The molecular weight excluding hydrogens is 302 g/mol. The van der Waals surface area contributed by atoms with E-state index in [0.717, 1.165) is 36.1 Å². The number of pyridine rings is 1. The van der Waals surface area contributed by atoms with Crippen LogP contribution in [-0.4, -0.2) is 44.7 Å². The van der Waals surface area contributed by atoms with Crippen molar-refractivity contribution in [3.63, 3.8) is 0 Å². The molecule has 1 fully saturated rings. The van der Waals surface area contributed by atoms with Crippen LogP contribution in [0.15, 0.2) is 18.5 Å². The Labute approximate surface area is 143 Å². The Balaban J connectivity index is 1.81. The van der Waals surface area contributed by atoms with Gasteiger partial charge < -0.3 is 5.32 Å². The van der Waals surface area contributed by atoms with Crippen LogP contribution in [0.1, 0.15) is 45.7 Å². The molecule has 3 rings (SSSR count). The van der Waals surface area contributed by atoms with Gasteiger partial charge in [0.2, 0.25) is 5.91 Å². The highest BCUT2D eigenvalue weighted by molar-refractivity contribution is 5.82. The molecule has 1 N–H and O–H groups in total. The molecule has 1 amide bonds. The van der Waals surface area contributed by atoms with Crippen LogP contribution in [0.2, 0.25) is 0 Å². The lowest BCUT2D eigenvalue weighted by atomic mass is 9.99. The molecule has 0 bridgehead atoms. The molecule has 3 heterocycles. The monoisotopic (exact) mass is 329 g/mol. The molecule has 1 atom stereocenters. The predicted molar refractivity (Wildman–Crippen MR) is 94.6 cm³/mol. The van der Waals surface area contributed by atoms with E-state index < -0.39 is 0 Å². The SMILES string of the molecule is CC(C)CC1C(=O)NCCN1Cc1cnc2c(cnn2C(C)C)c1. The second-order valence-corrected chi connectivity index (χ2v) is 7.35. The highest BCUT2D eigenvalue weighted by Crippen LogP contribution is 2.20. The molecule has 6 nitrogen and oxygen atoms in total. The highest BCUT2D eigenvalue weighted by Gasteiger charge is 2.30. The summed E-state index contributed by atoms with van der Waals surface area (Å²) in [5, 5.41) is 8.47. The average molecular weight is 329 g/mol. The van der Waals surface area contributed by atoms with E-state index in [2.05, 4.69) is 54.1 Å². The Hall–Kier alpha value is -1.95. The molecule has 130 valence electrons. The fourth-order valence-corrected chi connectivity index (χ4v) is 3.34. The molecule has 0 aliphatic carbocycles. The fraction of sp³-hybridized carbons (Fsp3) is 0.611. The van der Waals surface area contributed by atoms with Crippen molar-refractivity contribution in [2.45, 2.75) is 52.7 Å². The summed E-state index contributed by atoms with van der Waals surface area (Å²) in [5.41, 5.74) is 2.05. The van der Waals surface area contributed by atoms with Gasteiger partial charge in [0.1, 0.15) is 0 Å². The quantitative estimate of drug-likeness (QED) is 0.915. The number of carbonyl (C=O) groups excluding carboxylic acids is 1. The molecule has 0 aromatic carbocycles. The number of hydrogen-bond acceptors (Lipinski definition) is 4. The van der Waals surface area contributed by atoms with Gasteiger partial charge in [-0.1, -0.05) is 13.8 Å². The number of nitrogens with one attached hydrogen (secondary N) is 1. The van der Waals surface area contributed by atoms with E-state index in [1.165, 1.54) is 0 Å². The molecule has 1 aliphatic heterocycles. The first-order chi connectivity index (χ1) is 11.5. The van der Waals surface area contributed by atoms with Crippen molar-refractivity contribution in [1.82, 2.24) is 25.0 Å². The number of rotatable bonds is 5. The molecule has 0 saturated carbocycles. The summed E-state index contributed by atoms with van der Waals surface area (Å²) in [6.07, 6.45) is 4.68. The van der Waals surface area contributed by atoms with E-state index in [9.17, 15) is 4.79 Å². The molecule has 1 saturated heterocycles. The number of aromatic nitrogens is 3. The molecular formula is C18H27N5O. The van der Waals surface area contributed by atoms with E-state index in [0.29, 0.717) is 18.5 Å². The number of hydrogen-bond donors (Lipinski definition) is 1. The molecule has 2 aromatic rings. The van der Waals surface area contributed by atoms with Gasteiger partial charge in [-0.25, -0.2) is 9.67 Å². The van der Waals surface area contributed by atoms with E-state index in [1.807, 2.05) is 17.1 Å². The number of nitrogens with zero attached hydrogens (tertiary/aromatic N) is 4. The van der Waals surface area contributed by atoms with Crippen LogP contribution in [0, 0.1) is 5.92 Å². The number of carbonyl (C=O) groups is 1. The van der Waals surface area contributed by atoms with Gasteiger partial charge in [-0.3, -0.25) is 9.69 Å². The molecule has 0 radical (unpaired) electrons. The maximum absolute atomic E-state index is 12.2. The molecule has 1 unspecified atom stereocenters. The number of amides is 1. The first kappa shape index (κ1) is 16.9. The summed E-state index contributed by atoms with van der Waals surface area (Å²) in [4.78, 5) is 19.1. The van der Waals surface area contributed by atoms with Gasteiger partial charge in [0.05, 0.1) is 12.2 Å². The summed E-state index contributed by atoms with van der Waals surface area (Å²) in [5.74, 6) is 0.642. The maximum Gasteiger partial charge on any atom is 0.237 e. The standard InChI is InChI=1S/C18H27N5O/c1-12(2)7-16-18(24)19-5-6-22(16)11-14-8-15-10-21-23(13(3)4)17(15)20-9-14/h8-10,12-13,16H,5-7,11H2,1-4H3,(H,19,24). The van der Waals surface area contributed by atoms with Crippen molar-refractivity contribution >= 4 is 16.9 Å². The van der Waals surface area contributed by atoms with Gasteiger partial charge in [0.25, 0.3) is 0 Å². The summed E-state index contributed by atoms with van der Waals surface area (Å²) in [6, 6.07) is 2.39. The topological polar surface area (TPSA) is 63.1 Å². The minimum atomic E-state index is -0.0483. The van der Waals surface area contributed by atoms with Crippen molar-refractivity contribution < 1.29 is 4.79 Å². The fourth-order valence-electron chi connectivity index (χ4n) is 3.34. The van der Waals surface area contributed by atoms with Crippen LogP contribution < -0.4 is 5.32 Å². The molecule has 2 aromatic heterocycles. The van der Waals surface area contributed by atoms with Crippen LogP contribution in [0.25, 0.3) is 11.0 Å². The lowest BCUT2D eigenvalue weighted by Gasteiger charge is -2.35. The molecule has 1 aliphatic rings. The third-order valence-corrected chi connectivity index (χ3v) is 4.50. The van der Waals surface area contributed by atoms with E-state index in [4.69, 9.17) is 0 Å². The predicted octanol–water partition coefficient (Wildman–Crippen LogP) is 2.36. The Kier molecular flexibility index (Phi) is 4.85. The van der Waals surface area contributed by atoms with Gasteiger partial charge in [-0.05, 0) is 37.8 Å². The maximum atomic E-state index is 12.2.